The van der Waals surface area contributed by atoms with E-state index in [1.54, 1.807) is 42.5 Å². The van der Waals surface area contributed by atoms with Crippen LogP contribution in [0.15, 0.2) is 42.5 Å². The van der Waals surface area contributed by atoms with E-state index in [1.165, 1.54) is 0 Å². The van der Waals surface area contributed by atoms with Gasteiger partial charge in [-0.2, -0.15) is 0 Å². The van der Waals surface area contributed by atoms with Crippen molar-refractivity contribution >= 4 is 34.7 Å². The third-order valence-electron chi connectivity index (χ3n) is 2.58. The molecule has 4 nitrogen and oxygen atoms in total. The van der Waals surface area contributed by atoms with Crippen LogP contribution in [0.25, 0.3) is 0 Å². The summed E-state index contributed by atoms with van der Waals surface area (Å²) in [4.78, 5) is 11.8. The van der Waals surface area contributed by atoms with Crippen LogP contribution in [-0.4, -0.2) is 6.03 Å². The second-order valence-electron chi connectivity index (χ2n) is 4.16. The van der Waals surface area contributed by atoms with Crippen molar-refractivity contribution in [1.82, 2.24) is 0 Å². The lowest BCUT2D eigenvalue weighted by Gasteiger charge is -2.10. The van der Waals surface area contributed by atoms with Gasteiger partial charge in [0.2, 0.25) is 0 Å². The minimum atomic E-state index is -0.324. The summed E-state index contributed by atoms with van der Waals surface area (Å²) in [5.41, 5.74) is 8.58. The first-order valence-electron chi connectivity index (χ1n) is 5.74. The predicted octanol–water partition coefficient (Wildman–Crippen LogP) is 3.87. The molecule has 98 valence electrons. The standard InChI is InChI=1S/C14H14ClN3O/c1-9-7-11(16)5-6-13(9)18-14(19)17-12-4-2-3-10(15)8-12/h2-8H,16H2,1H3,(H2,17,18,19). The number of amides is 2. The number of benzene rings is 2. The van der Waals surface area contributed by atoms with Gasteiger partial charge in [0.25, 0.3) is 0 Å². The van der Waals surface area contributed by atoms with Crippen LogP contribution in [-0.2, 0) is 0 Å². The number of urea groups is 1. The molecule has 0 unspecified atom stereocenters. The number of hydrogen-bond donors (Lipinski definition) is 3. The number of aryl methyl sites for hydroxylation is 1. The second kappa shape index (κ2) is 5.63. The summed E-state index contributed by atoms with van der Waals surface area (Å²) in [6, 6.07) is 11.9. The average Bonchev–Trinajstić information content (AvgIpc) is 2.33. The Hall–Kier alpha value is -2.20. The molecule has 0 atom stereocenters. The first-order chi connectivity index (χ1) is 9.04. The number of nitrogens with one attached hydrogen (secondary N) is 2. The van der Waals surface area contributed by atoms with Crippen LogP contribution in [0.3, 0.4) is 0 Å². The summed E-state index contributed by atoms with van der Waals surface area (Å²) in [5, 5.41) is 6.03. The molecule has 0 saturated carbocycles. The molecule has 0 aliphatic carbocycles. The first kappa shape index (κ1) is 13.2. The molecule has 2 rings (SSSR count). The predicted molar refractivity (Wildman–Crippen MR) is 79.7 cm³/mol. The van der Waals surface area contributed by atoms with Gasteiger partial charge < -0.3 is 16.4 Å². The zero-order chi connectivity index (χ0) is 13.8. The third kappa shape index (κ3) is 3.63. The van der Waals surface area contributed by atoms with Crippen molar-refractivity contribution in [3.8, 4) is 0 Å². The highest BCUT2D eigenvalue weighted by molar-refractivity contribution is 6.30. The minimum Gasteiger partial charge on any atom is -0.399 e. The molecule has 0 aliphatic heterocycles. The van der Waals surface area contributed by atoms with Crippen LogP contribution >= 0.6 is 11.6 Å². The van der Waals surface area contributed by atoms with Gasteiger partial charge in [-0.3, -0.25) is 0 Å². The largest absolute Gasteiger partial charge is 0.399 e. The van der Waals surface area contributed by atoms with Gasteiger partial charge in [-0.1, -0.05) is 17.7 Å². The second-order valence-corrected chi connectivity index (χ2v) is 4.60. The summed E-state index contributed by atoms with van der Waals surface area (Å²) >= 11 is 5.85. The normalized spacial score (nSPS) is 10.0. The van der Waals surface area contributed by atoms with Crippen LogP contribution in [0.4, 0.5) is 21.9 Å². The summed E-state index contributed by atoms with van der Waals surface area (Å²) < 4.78 is 0. The molecule has 0 aliphatic rings. The van der Waals surface area contributed by atoms with E-state index in [9.17, 15) is 4.79 Å². The van der Waals surface area contributed by atoms with Crippen LogP contribution in [0.2, 0.25) is 5.02 Å². The Balaban J connectivity index is 2.05. The van der Waals surface area contributed by atoms with Crippen LogP contribution in [0.5, 0.6) is 0 Å². The highest BCUT2D eigenvalue weighted by Gasteiger charge is 2.05. The Morgan fingerprint density at radius 3 is 2.63 bits per heavy atom. The number of anilines is 3. The van der Waals surface area contributed by atoms with Crippen molar-refractivity contribution < 1.29 is 4.79 Å². The Morgan fingerprint density at radius 2 is 1.95 bits per heavy atom. The molecule has 0 saturated heterocycles. The van der Waals surface area contributed by atoms with Crippen molar-refractivity contribution in [2.75, 3.05) is 16.4 Å². The van der Waals surface area contributed by atoms with Crippen molar-refractivity contribution in [3.05, 3.63) is 53.1 Å². The first-order valence-corrected chi connectivity index (χ1v) is 6.12. The molecule has 0 aromatic heterocycles. The maximum atomic E-state index is 11.8. The van der Waals surface area contributed by atoms with Gasteiger partial charge >= 0.3 is 6.03 Å². The van der Waals surface area contributed by atoms with Gasteiger partial charge in [0.15, 0.2) is 0 Å². The van der Waals surface area contributed by atoms with Gasteiger partial charge in [-0.25, -0.2) is 4.79 Å². The fraction of sp³-hybridized carbons (Fsp3) is 0.0714. The van der Waals surface area contributed by atoms with E-state index >= 15 is 0 Å². The lowest BCUT2D eigenvalue weighted by molar-refractivity contribution is 0.262. The molecule has 0 bridgehead atoms. The van der Waals surface area contributed by atoms with E-state index in [4.69, 9.17) is 17.3 Å². The summed E-state index contributed by atoms with van der Waals surface area (Å²) in [7, 11) is 0. The molecule has 4 N–H and O–H groups in total. The zero-order valence-electron chi connectivity index (χ0n) is 10.4. The Labute approximate surface area is 116 Å². The number of nitrogen functional groups attached to an aromatic ring is 1. The molecule has 2 aromatic rings. The monoisotopic (exact) mass is 275 g/mol. The van der Waals surface area contributed by atoms with E-state index in [-0.39, 0.29) is 6.03 Å². The molecule has 5 heteroatoms. The summed E-state index contributed by atoms with van der Waals surface area (Å²) in [5.74, 6) is 0. The van der Waals surface area contributed by atoms with E-state index in [0.29, 0.717) is 22.1 Å². The Bertz CT molecular complexity index is 613. The van der Waals surface area contributed by atoms with E-state index in [0.717, 1.165) is 5.56 Å². The molecular formula is C14H14ClN3O. The molecule has 0 heterocycles. The molecule has 0 spiro atoms. The average molecular weight is 276 g/mol. The SMILES string of the molecule is Cc1cc(N)ccc1NC(=O)Nc1cccc(Cl)c1. The lowest BCUT2D eigenvalue weighted by atomic mass is 10.2. The fourth-order valence-corrected chi connectivity index (χ4v) is 1.87. The van der Waals surface area contributed by atoms with Crippen molar-refractivity contribution in [3.63, 3.8) is 0 Å². The molecule has 19 heavy (non-hydrogen) atoms. The maximum absolute atomic E-state index is 11.8. The van der Waals surface area contributed by atoms with Crippen LogP contribution < -0.4 is 16.4 Å². The van der Waals surface area contributed by atoms with Gasteiger partial charge in [0.1, 0.15) is 0 Å². The molecule has 2 aromatic carbocycles. The van der Waals surface area contributed by atoms with Crippen LogP contribution in [0.1, 0.15) is 5.56 Å². The summed E-state index contributed by atoms with van der Waals surface area (Å²) in [6.45, 7) is 1.88. The lowest BCUT2D eigenvalue weighted by Crippen LogP contribution is -2.19. The van der Waals surface area contributed by atoms with E-state index in [1.807, 2.05) is 6.92 Å². The highest BCUT2D eigenvalue weighted by atomic mass is 35.5. The van der Waals surface area contributed by atoms with Gasteiger partial charge in [-0.05, 0) is 48.9 Å². The smallest absolute Gasteiger partial charge is 0.323 e. The highest BCUT2D eigenvalue weighted by Crippen LogP contribution is 2.19. The Morgan fingerprint density at radius 1 is 1.16 bits per heavy atom. The molecule has 0 fully saturated rings. The maximum Gasteiger partial charge on any atom is 0.323 e. The molecule has 2 amide bonds. The van der Waals surface area contributed by atoms with E-state index < -0.39 is 0 Å². The zero-order valence-corrected chi connectivity index (χ0v) is 11.2. The number of halogens is 1. The molecule has 0 radical (unpaired) electrons. The number of hydrogen-bond acceptors (Lipinski definition) is 2. The fourth-order valence-electron chi connectivity index (χ4n) is 1.68. The van der Waals surface area contributed by atoms with Gasteiger partial charge in [0, 0.05) is 22.1 Å². The number of nitrogens with two attached hydrogens (primary N) is 1. The van der Waals surface area contributed by atoms with Crippen molar-refractivity contribution in [1.29, 1.82) is 0 Å². The van der Waals surface area contributed by atoms with E-state index in [2.05, 4.69) is 10.6 Å². The summed E-state index contributed by atoms with van der Waals surface area (Å²) in [6.07, 6.45) is 0. The number of carbonyl (C=O) groups is 1. The van der Waals surface area contributed by atoms with Gasteiger partial charge in [0.05, 0.1) is 0 Å². The number of rotatable bonds is 2. The third-order valence-corrected chi connectivity index (χ3v) is 2.82. The topological polar surface area (TPSA) is 67.1 Å². The van der Waals surface area contributed by atoms with Crippen LogP contribution in [0, 0.1) is 6.92 Å². The van der Waals surface area contributed by atoms with Crippen molar-refractivity contribution in [2.24, 2.45) is 0 Å². The minimum absolute atomic E-state index is 0.324. The number of carbonyl (C=O) groups excluding carboxylic acids is 1. The Kier molecular flexibility index (Phi) is 3.92. The van der Waals surface area contributed by atoms with Gasteiger partial charge in [-0.15, -0.1) is 0 Å². The van der Waals surface area contributed by atoms with Crippen molar-refractivity contribution in [2.45, 2.75) is 6.92 Å². The quantitative estimate of drug-likeness (QED) is 0.728. The molecular weight excluding hydrogens is 262 g/mol.